The van der Waals surface area contributed by atoms with E-state index in [1.165, 1.54) is 21.6 Å². The van der Waals surface area contributed by atoms with Crippen molar-refractivity contribution in [3.8, 4) is 0 Å². The Labute approximate surface area is 177 Å². The van der Waals surface area contributed by atoms with E-state index in [0.29, 0.717) is 11.1 Å². The first-order valence-corrected chi connectivity index (χ1v) is 11.2. The topological polar surface area (TPSA) is 37.4 Å². The second-order valence-corrected chi connectivity index (χ2v) is 8.43. The molecule has 5 heteroatoms. The van der Waals surface area contributed by atoms with E-state index in [9.17, 15) is 9.59 Å². The van der Waals surface area contributed by atoms with Gasteiger partial charge in [-0.1, -0.05) is 78.9 Å². The van der Waals surface area contributed by atoms with E-state index in [-0.39, 0.29) is 11.6 Å². The van der Waals surface area contributed by atoms with E-state index in [0.717, 1.165) is 15.7 Å². The van der Waals surface area contributed by atoms with Crippen molar-refractivity contribution in [1.29, 1.82) is 0 Å². The van der Waals surface area contributed by atoms with Gasteiger partial charge in [0.15, 0.2) is 11.6 Å². The summed E-state index contributed by atoms with van der Waals surface area (Å²) in [6.45, 7) is 0. The lowest BCUT2D eigenvalue weighted by Gasteiger charge is -2.19. The zero-order valence-electron chi connectivity index (χ0n) is 15.4. The number of carbonyl (C=O) groups is 2. The number of allylic oxidation sites excluding steroid dienone is 2. The van der Waals surface area contributed by atoms with E-state index < -0.39 is 0 Å². The number of benzene rings is 3. The van der Waals surface area contributed by atoms with Gasteiger partial charge in [-0.25, -0.2) is 0 Å². The van der Waals surface area contributed by atoms with Gasteiger partial charge in [-0.3, -0.25) is 14.5 Å². The number of carbonyl (C=O) groups excluding carboxylic acids is 2. The van der Waals surface area contributed by atoms with Crippen molar-refractivity contribution < 1.29 is 9.59 Å². The van der Waals surface area contributed by atoms with E-state index in [1.807, 2.05) is 71.6 Å². The second kappa shape index (κ2) is 8.99. The van der Waals surface area contributed by atoms with Crippen molar-refractivity contribution in [3.05, 3.63) is 124 Å². The third-order valence-electron chi connectivity index (χ3n) is 4.29. The smallest absolute Gasteiger partial charge is 0.188 e. The molecule has 0 aromatic heterocycles. The number of rotatable bonds is 5. The molecule has 29 heavy (non-hydrogen) atoms. The van der Waals surface area contributed by atoms with Gasteiger partial charge in [-0.15, -0.1) is 0 Å². The number of anilines is 1. The monoisotopic (exact) mass is 415 g/mol. The molecular weight excluding hydrogens is 398 g/mol. The Bertz CT molecular complexity index is 1010. The minimum absolute atomic E-state index is 0.0646. The maximum atomic E-state index is 12.7. The highest BCUT2D eigenvalue weighted by molar-refractivity contribution is 8.80. The zero-order chi connectivity index (χ0) is 20.1. The maximum Gasteiger partial charge on any atom is 0.188 e. The number of nitrogens with zero attached hydrogens (tertiary/aromatic N) is 1. The van der Waals surface area contributed by atoms with Crippen LogP contribution in [0.15, 0.2) is 113 Å². The first-order chi connectivity index (χ1) is 14.2. The van der Waals surface area contributed by atoms with Crippen LogP contribution in [0.5, 0.6) is 0 Å². The number of hydrogen-bond donors (Lipinski definition) is 0. The molecule has 1 heterocycles. The molecule has 0 aliphatic carbocycles. The van der Waals surface area contributed by atoms with Crippen LogP contribution in [-0.2, 0) is 0 Å². The predicted octanol–water partition coefficient (Wildman–Crippen LogP) is 6.34. The lowest BCUT2D eigenvalue weighted by molar-refractivity contribution is 0.103. The molecule has 1 fully saturated rings. The predicted molar refractivity (Wildman–Crippen MR) is 122 cm³/mol. The van der Waals surface area contributed by atoms with Crippen molar-refractivity contribution in [2.75, 3.05) is 4.90 Å². The quantitative estimate of drug-likeness (QED) is 0.276. The van der Waals surface area contributed by atoms with E-state index in [4.69, 9.17) is 0 Å². The fourth-order valence-electron chi connectivity index (χ4n) is 2.87. The molecule has 0 saturated carbocycles. The van der Waals surface area contributed by atoms with Gasteiger partial charge in [0.05, 0.1) is 10.1 Å². The van der Waals surface area contributed by atoms with Gasteiger partial charge in [-0.05, 0) is 33.7 Å². The summed E-state index contributed by atoms with van der Waals surface area (Å²) in [6, 6.07) is 28.1. The van der Waals surface area contributed by atoms with Crippen LogP contribution < -0.4 is 4.90 Å². The van der Waals surface area contributed by atoms with Crippen molar-refractivity contribution in [1.82, 2.24) is 0 Å². The van der Waals surface area contributed by atoms with Crippen LogP contribution >= 0.6 is 21.6 Å². The molecule has 3 nitrogen and oxygen atoms in total. The van der Waals surface area contributed by atoms with Gasteiger partial charge < -0.3 is 0 Å². The lowest BCUT2D eigenvalue weighted by Crippen LogP contribution is -2.16. The largest absolute Gasteiger partial charge is 0.297 e. The van der Waals surface area contributed by atoms with Gasteiger partial charge >= 0.3 is 0 Å². The highest BCUT2D eigenvalue weighted by atomic mass is 33.1. The molecule has 4 rings (SSSR count). The van der Waals surface area contributed by atoms with Gasteiger partial charge in [0.25, 0.3) is 0 Å². The number of ketones is 2. The van der Waals surface area contributed by atoms with Crippen molar-refractivity contribution in [2.24, 2.45) is 0 Å². The third kappa shape index (κ3) is 4.53. The summed E-state index contributed by atoms with van der Waals surface area (Å²) < 4.78 is 0. The van der Waals surface area contributed by atoms with Crippen LogP contribution in [-0.4, -0.2) is 11.6 Å². The summed E-state index contributed by atoms with van der Waals surface area (Å²) in [5, 5.41) is 1.56. The Morgan fingerprint density at radius 3 is 1.38 bits per heavy atom. The molecule has 0 radical (unpaired) electrons. The molecule has 3 aromatic carbocycles. The van der Waals surface area contributed by atoms with Gasteiger partial charge in [0.1, 0.15) is 0 Å². The fraction of sp³-hybridized carbons (Fsp3) is 0. The van der Waals surface area contributed by atoms with Crippen LogP contribution in [0.2, 0.25) is 0 Å². The van der Waals surface area contributed by atoms with Crippen LogP contribution in [0.3, 0.4) is 0 Å². The SMILES string of the molecule is O=C(/C=C1\SS/C(=C\C(=O)c2ccccc2)N1c1ccccc1)c1ccccc1. The summed E-state index contributed by atoms with van der Waals surface area (Å²) in [7, 11) is 2.95. The standard InChI is InChI=1S/C24H17NO2S2/c26-21(18-10-4-1-5-11-18)16-23-25(20-14-8-3-9-15-20)24(29-28-23)17-22(27)19-12-6-2-7-13-19/h1-17H/b23-16-,24-17-. The summed E-state index contributed by atoms with van der Waals surface area (Å²) in [4.78, 5) is 27.4. The van der Waals surface area contributed by atoms with Crippen LogP contribution in [0, 0.1) is 0 Å². The van der Waals surface area contributed by atoms with E-state index in [1.54, 1.807) is 36.4 Å². The molecule has 142 valence electrons. The van der Waals surface area contributed by atoms with Gasteiger partial charge in [0, 0.05) is 29.0 Å². The fourth-order valence-corrected chi connectivity index (χ4v) is 5.22. The Hall–Kier alpha value is -3.02. The third-order valence-corrected chi connectivity index (χ3v) is 6.59. The lowest BCUT2D eigenvalue weighted by atomic mass is 10.1. The zero-order valence-corrected chi connectivity index (χ0v) is 17.0. The van der Waals surface area contributed by atoms with Crippen molar-refractivity contribution in [3.63, 3.8) is 0 Å². The maximum absolute atomic E-state index is 12.7. The minimum atomic E-state index is -0.0646. The Morgan fingerprint density at radius 2 is 0.966 bits per heavy atom. The summed E-state index contributed by atoms with van der Waals surface area (Å²) in [5.74, 6) is -0.129. The molecule has 0 bridgehead atoms. The molecule has 1 saturated heterocycles. The Morgan fingerprint density at radius 1 is 0.586 bits per heavy atom. The first kappa shape index (κ1) is 19.3. The second-order valence-electron chi connectivity index (χ2n) is 6.26. The molecule has 1 aliphatic heterocycles. The Balaban J connectivity index is 1.70. The molecule has 1 aliphatic rings. The molecule has 0 spiro atoms. The van der Waals surface area contributed by atoms with Gasteiger partial charge in [-0.2, -0.15) is 0 Å². The molecule has 0 N–H and O–H groups in total. The minimum Gasteiger partial charge on any atom is -0.297 e. The molecule has 0 unspecified atom stereocenters. The van der Waals surface area contributed by atoms with Crippen LogP contribution in [0.25, 0.3) is 0 Å². The van der Waals surface area contributed by atoms with Crippen molar-refractivity contribution in [2.45, 2.75) is 0 Å². The highest BCUT2D eigenvalue weighted by Crippen LogP contribution is 2.51. The summed E-state index contributed by atoms with van der Waals surface area (Å²) >= 11 is 0. The summed E-state index contributed by atoms with van der Waals surface area (Å²) in [5.41, 5.74) is 2.18. The molecule has 3 aromatic rings. The molecule has 0 amide bonds. The van der Waals surface area contributed by atoms with Gasteiger partial charge in [0.2, 0.25) is 0 Å². The number of para-hydroxylation sites is 1. The molecular formula is C24H17NO2S2. The average molecular weight is 416 g/mol. The van der Waals surface area contributed by atoms with Crippen molar-refractivity contribution >= 4 is 38.8 Å². The summed E-state index contributed by atoms with van der Waals surface area (Å²) in [6.07, 6.45) is 3.27. The highest BCUT2D eigenvalue weighted by Gasteiger charge is 2.28. The van der Waals surface area contributed by atoms with E-state index in [2.05, 4.69) is 0 Å². The first-order valence-electron chi connectivity index (χ1n) is 9.04. The normalized spacial score (nSPS) is 16.3. The van der Waals surface area contributed by atoms with Crippen LogP contribution in [0.4, 0.5) is 5.69 Å². The van der Waals surface area contributed by atoms with E-state index >= 15 is 0 Å². The molecule has 0 atom stereocenters. The Kier molecular flexibility index (Phi) is 5.98. The average Bonchev–Trinajstić information content (AvgIpc) is 3.17. The number of hydrogen-bond acceptors (Lipinski definition) is 5. The van der Waals surface area contributed by atoms with Crippen LogP contribution in [0.1, 0.15) is 20.7 Å².